The van der Waals surface area contributed by atoms with Gasteiger partial charge in [-0.25, -0.2) is 14.2 Å². The molecular formula is C28H22F4N4O4. The smallest absolute Gasteiger partial charge is 0.383 e. The molecule has 1 saturated heterocycles. The van der Waals surface area contributed by atoms with Gasteiger partial charge in [0.15, 0.2) is 0 Å². The number of piperidine rings is 1. The summed E-state index contributed by atoms with van der Waals surface area (Å²) in [6, 6.07) is 13.7. The fraction of sp³-hybridized carbons (Fsp3) is 0.214. The first-order valence-electron chi connectivity index (χ1n) is 12.3. The van der Waals surface area contributed by atoms with Crippen LogP contribution >= 0.6 is 0 Å². The van der Waals surface area contributed by atoms with E-state index < -0.39 is 29.4 Å². The molecule has 5 rings (SSSR count). The van der Waals surface area contributed by atoms with Gasteiger partial charge in [-0.15, -0.1) is 4.73 Å². The largest absolute Gasteiger partial charge is 0.493 e. The van der Waals surface area contributed by atoms with Crippen molar-refractivity contribution in [3.8, 4) is 11.1 Å². The predicted octanol–water partition coefficient (Wildman–Crippen LogP) is 4.32. The summed E-state index contributed by atoms with van der Waals surface area (Å²) < 4.78 is 52.7. The lowest BCUT2D eigenvalue weighted by atomic mass is 9.88. The highest BCUT2D eigenvalue weighted by Crippen LogP contribution is 2.32. The van der Waals surface area contributed by atoms with Crippen LogP contribution in [0.15, 0.2) is 71.8 Å². The number of fused-ring (bicyclic) bond motifs is 1. The zero-order valence-corrected chi connectivity index (χ0v) is 20.8. The molecule has 2 aromatic heterocycles. The van der Waals surface area contributed by atoms with Crippen molar-refractivity contribution in [2.24, 2.45) is 0 Å². The first kappa shape index (κ1) is 26.9. The van der Waals surface area contributed by atoms with Crippen LogP contribution in [0, 0.1) is 5.82 Å². The molecule has 2 aromatic carbocycles. The maximum absolute atomic E-state index is 15.0. The van der Waals surface area contributed by atoms with Crippen LogP contribution in [0.3, 0.4) is 0 Å². The van der Waals surface area contributed by atoms with Crippen LogP contribution in [0.1, 0.15) is 34.7 Å². The second kappa shape index (κ2) is 10.4. The zero-order valence-electron chi connectivity index (χ0n) is 20.8. The molecule has 1 amide bonds. The van der Waals surface area contributed by atoms with Crippen molar-refractivity contribution in [2.75, 3.05) is 18.8 Å². The fourth-order valence-corrected chi connectivity index (χ4v) is 4.77. The Labute approximate surface area is 224 Å². The number of carbonyl (C=O) groups is 2. The highest BCUT2D eigenvalue weighted by atomic mass is 19.4. The molecule has 8 nitrogen and oxygen atoms in total. The maximum atomic E-state index is 15.0. The summed E-state index contributed by atoms with van der Waals surface area (Å²) in [7, 11) is 0. The number of nitrogens with two attached hydrogens (primary N) is 1. The van der Waals surface area contributed by atoms with E-state index in [1.165, 1.54) is 18.2 Å². The molecule has 0 spiro atoms. The number of benzene rings is 2. The SMILES string of the molecule is Nc1nccc2ccc(C3CCN(C(=O)c4ccc(-c5ccc(=O)n(OC(=O)C(F)(F)F)c5)cc4F)CC3)cc12. The Morgan fingerprint density at radius 1 is 0.975 bits per heavy atom. The maximum Gasteiger partial charge on any atom is 0.493 e. The van der Waals surface area contributed by atoms with Gasteiger partial charge in [-0.2, -0.15) is 13.2 Å². The lowest BCUT2D eigenvalue weighted by molar-refractivity contribution is -0.200. The van der Waals surface area contributed by atoms with E-state index in [-0.39, 0.29) is 27.3 Å². The van der Waals surface area contributed by atoms with Gasteiger partial charge in [0.1, 0.15) is 11.6 Å². The van der Waals surface area contributed by atoms with Crippen LogP contribution in [-0.2, 0) is 4.79 Å². The highest BCUT2D eigenvalue weighted by molar-refractivity contribution is 5.95. The number of anilines is 1. The summed E-state index contributed by atoms with van der Waals surface area (Å²) in [6.45, 7) is 0.835. The van der Waals surface area contributed by atoms with E-state index in [0.29, 0.717) is 31.7 Å². The number of nitrogen functional groups attached to an aromatic ring is 1. The van der Waals surface area contributed by atoms with Crippen LogP contribution in [0.25, 0.3) is 21.9 Å². The van der Waals surface area contributed by atoms with Gasteiger partial charge in [0, 0.05) is 36.3 Å². The number of hydrogen-bond donors (Lipinski definition) is 1. The Hall–Kier alpha value is -4.74. The van der Waals surface area contributed by atoms with Gasteiger partial charge in [0.2, 0.25) is 0 Å². The van der Waals surface area contributed by atoms with E-state index in [9.17, 15) is 27.6 Å². The molecule has 1 aliphatic rings. The number of amides is 1. The monoisotopic (exact) mass is 554 g/mol. The van der Waals surface area contributed by atoms with Crippen LogP contribution in [0.4, 0.5) is 23.4 Å². The molecule has 1 aliphatic heterocycles. The first-order chi connectivity index (χ1) is 19.0. The summed E-state index contributed by atoms with van der Waals surface area (Å²) in [4.78, 5) is 45.8. The molecule has 40 heavy (non-hydrogen) atoms. The van der Waals surface area contributed by atoms with Crippen molar-refractivity contribution in [3.05, 3.63) is 94.3 Å². The Kier molecular flexibility index (Phi) is 7.01. The third kappa shape index (κ3) is 5.37. The van der Waals surface area contributed by atoms with Gasteiger partial charge >= 0.3 is 12.1 Å². The number of halogens is 4. The number of rotatable bonds is 4. The van der Waals surface area contributed by atoms with Crippen molar-refractivity contribution in [1.29, 1.82) is 0 Å². The van der Waals surface area contributed by atoms with Gasteiger partial charge in [-0.3, -0.25) is 9.59 Å². The predicted molar refractivity (Wildman–Crippen MR) is 138 cm³/mol. The minimum absolute atomic E-state index is 0.0968. The van der Waals surface area contributed by atoms with Crippen molar-refractivity contribution in [2.45, 2.75) is 24.9 Å². The van der Waals surface area contributed by atoms with Crippen molar-refractivity contribution < 1.29 is 32.0 Å². The second-order valence-corrected chi connectivity index (χ2v) is 9.40. The molecule has 0 unspecified atom stereocenters. The number of pyridine rings is 2. The van der Waals surface area contributed by atoms with E-state index in [0.717, 1.165) is 34.7 Å². The van der Waals surface area contributed by atoms with E-state index in [2.05, 4.69) is 9.82 Å². The third-order valence-electron chi connectivity index (χ3n) is 6.90. The second-order valence-electron chi connectivity index (χ2n) is 9.40. The quantitative estimate of drug-likeness (QED) is 0.377. The molecule has 0 atom stereocenters. The molecule has 4 aromatic rings. The van der Waals surface area contributed by atoms with Crippen LogP contribution < -0.4 is 16.1 Å². The molecule has 1 fully saturated rings. The number of likely N-dealkylation sites (tertiary alicyclic amines) is 1. The van der Waals surface area contributed by atoms with Crippen molar-refractivity contribution in [3.63, 3.8) is 0 Å². The average molecular weight is 554 g/mol. The molecule has 206 valence electrons. The summed E-state index contributed by atoms with van der Waals surface area (Å²) in [5, 5.41) is 1.86. The Bertz CT molecular complexity index is 1680. The molecular weight excluding hydrogens is 532 g/mol. The highest BCUT2D eigenvalue weighted by Gasteiger charge is 2.42. The van der Waals surface area contributed by atoms with Crippen LogP contribution in [0.5, 0.6) is 0 Å². The zero-order chi connectivity index (χ0) is 28.6. The summed E-state index contributed by atoms with van der Waals surface area (Å²) in [6.07, 6.45) is -1.46. The van der Waals surface area contributed by atoms with Gasteiger partial charge in [-0.1, -0.05) is 18.2 Å². The van der Waals surface area contributed by atoms with Crippen LogP contribution in [-0.4, -0.2) is 45.8 Å². The Balaban J connectivity index is 1.28. The molecule has 0 aliphatic carbocycles. The number of hydrogen-bond acceptors (Lipinski definition) is 6. The molecule has 0 radical (unpaired) electrons. The molecule has 3 heterocycles. The summed E-state index contributed by atoms with van der Waals surface area (Å²) in [5.74, 6) is -3.26. The molecule has 2 N–H and O–H groups in total. The van der Waals surface area contributed by atoms with Gasteiger partial charge in [0.05, 0.1) is 11.8 Å². The van der Waals surface area contributed by atoms with E-state index >= 15 is 4.39 Å². The lowest BCUT2D eigenvalue weighted by Gasteiger charge is -2.32. The normalized spacial score (nSPS) is 14.3. The van der Waals surface area contributed by atoms with Gasteiger partial charge in [0.25, 0.3) is 11.5 Å². The van der Waals surface area contributed by atoms with E-state index in [1.54, 1.807) is 11.1 Å². The van der Waals surface area contributed by atoms with Crippen LogP contribution in [0.2, 0.25) is 0 Å². The summed E-state index contributed by atoms with van der Waals surface area (Å²) in [5.41, 5.74) is 6.18. The minimum Gasteiger partial charge on any atom is -0.383 e. The van der Waals surface area contributed by atoms with Gasteiger partial charge < -0.3 is 15.5 Å². The van der Waals surface area contributed by atoms with Crippen molar-refractivity contribution in [1.82, 2.24) is 14.6 Å². The fourth-order valence-electron chi connectivity index (χ4n) is 4.77. The average Bonchev–Trinajstić information content (AvgIpc) is 2.93. The Morgan fingerprint density at radius 3 is 2.40 bits per heavy atom. The van der Waals surface area contributed by atoms with E-state index in [4.69, 9.17) is 5.73 Å². The lowest BCUT2D eigenvalue weighted by Crippen LogP contribution is -2.38. The van der Waals surface area contributed by atoms with Crippen molar-refractivity contribution >= 4 is 28.5 Å². The molecule has 0 saturated carbocycles. The Morgan fingerprint density at radius 2 is 1.70 bits per heavy atom. The minimum atomic E-state index is -5.31. The van der Waals surface area contributed by atoms with Gasteiger partial charge in [-0.05, 0) is 65.6 Å². The number of carbonyl (C=O) groups excluding carboxylic acids is 2. The molecule has 0 bridgehead atoms. The van der Waals surface area contributed by atoms with E-state index in [1.807, 2.05) is 24.3 Å². The number of nitrogens with zero attached hydrogens (tertiary/aromatic N) is 3. The topological polar surface area (TPSA) is 108 Å². The first-order valence-corrected chi connectivity index (χ1v) is 12.3. The number of aromatic nitrogens is 2. The number of alkyl halides is 3. The third-order valence-corrected chi connectivity index (χ3v) is 6.90. The molecule has 12 heteroatoms. The standard InChI is InChI=1S/C28H22F4N4O4/c29-23-14-19(20-4-6-24(37)36(15-20)40-27(39)28(30,31)32)3-5-21(23)26(38)35-11-8-16(9-12-35)18-2-1-17-7-10-34-25(33)22(17)13-18/h1-7,10,13-16H,8-9,11-12H2,(H2,33,34). The summed E-state index contributed by atoms with van der Waals surface area (Å²) >= 11 is 0.